The van der Waals surface area contributed by atoms with Crippen LogP contribution in [0.4, 0.5) is 4.39 Å². The zero-order chi connectivity index (χ0) is 11.5. The Balaban J connectivity index is 2.23. The predicted molar refractivity (Wildman–Crippen MR) is 65.2 cm³/mol. The van der Waals surface area contributed by atoms with E-state index in [-0.39, 0.29) is 11.7 Å². The van der Waals surface area contributed by atoms with Crippen LogP contribution in [0.5, 0.6) is 0 Å². The molecule has 1 N–H and O–H groups in total. The molecule has 2 rings (SSSR count). The van der Waals surface area contributed by atoms with Crippen molar-refractivity contribution in [1.82, 2.24) is 5.32 Å². The fraction of sp³-hybridized carbons (Fsp3) is 0.583. The van der Waals surface area contributed by atoms with Gasteiger partial charge in [-0.15, -0.1) is 0 Å². The van der Waals surface area contributed by atoms with Gasteiger partial charge in [-0.25, -0.2) is 8.60 Å². The van der Waals surface area contributed by atoms with Gasteiger partial charge in [0.25, 0.3) is 0 Å². The molecular weight excluding hydrogens is 225 g/mol. The lowest BCUT2D eigenvalue weighted by Crippen LogP contribution is -2.35. The Morgan fingerprint density at radius 1 is 1.44 bits per heavy atom. The van der Waals surface area contributed by atoms with Crippen molar-refractivity contribution in [2.24, 2.45) is 11.8 Å². The lowest BCUT2D eigenvalue weighted by Gasteiger charge is -2.30. The van der Waals surface area contributed by atoms with Crippen molar-refractivity contribution in [3.05, 3.63) is 23.6 Å². The van der Waals surface area contributed by atoms with E-state index < -0.39 is 0 Å². The second kappa shape index (κ2) is 5.06. The van der Waals surface area contributed by atoms with Crippen LogP contribution in [0.25, 0.3) is 0 Å². The first kappa shape index (κ1) is 11.7. The van der Waals surface area contributed by atoms with E-state index >= 15 is 0 Å². The van der Waals surface area contributed by atoms with E-state index in [4.69, 9.17) is 0 Å². The molecule has 1 aliphatic heterocycles. The van der Waals surface area contributed by atoms with Crippen LogP contribution in [0.2, 0.25) is 0 Å². The number of hydrogen-bond acceptors (Lipinski definition) is 2. The highest BCUT2D eigenvalue weighted by atomic mass is 32.1. The van der Waals surface area contributed by atoms with Crippen molar-refractivity contribution in [2.75, 3.05) is 13.1 Å². The molecule has 2 aliphatic rings. The maximum atomic E-state index is 13.8. The van der Waals surface area contributed by atoms with Gasteiger partial charge in [0, 0.05) is 5.92 Å². The van der Waals surface area contributed by atoms with Gasteiger partial charge in [0.05, 0.1) is 16.1 Å². The molecule has 0 aromatic heterocycles. The van der Waals surface area contributed by atoms with Gasteiger partial charge in [-0.3, -0.25) is 0 Å². The van der Waals surface area contributed by atoms with Crippen LogP contribution in [0.15, 0.2) is 23.6 Å². The quantitative estimate of drug-likeness (QED) is 0.709. The van der Waals surface area contributed by atoms with Gasteiger partial charge in [0.15, 0.2) is 0 Å². The molecule has 88 valence electrons. The van der Waals surface area contributed by atoms with E-state index in [2.05, 4.69) is 5.32 Å². The van der Waals surface area contributed by atoms with Gasteiger partial charge < -0.3 is 5.32 Å². The molecule has 0 radical (unpaired) electrons. The minimum absolute atomic E-state index is 0.00620. The number of nitrogens with one attached hydrogen (secondary N) is 1. The molecule has 16 heavy (non-hydrogen) atoms. The zero-order valence-electron chi connectivity index (χ0n) is 9.33. The fourth-order valence-electron chi connectivity index (χ4n) is 2.42. The van der Waals surface area contributed by atoms with Crippen LogP contribution < -0.4 is 5.32 Å². The molecule has 1 fully saturated rings. The summed E-state index contributed by atoms with van der Waals surface area (Å²) in [5.41, 5.74) is 0.573. The summed E-state index contributed by atoms with van der Waals surface area (Å²) in [5.74, 6) is 0.104. The lowest BCUT2D eigenvalue weighted by atomic mass is 9.80. The van der Waals surface area contributed by atoms with Crippen LogP contribution in [0, 0.1) is 11.8 Å². The van der Waals surface area contributed by atoms with Gasteiger partial charge in [0.1, 0.15) is 5.83 Å². The summed E-state index contributed by atoms with van der Waals surface area (Å²) >= 11 is 0.321. The van der Waals surface area contributed by atoms with Crippen molar-refractivity contribution in [3.8, 4) is 0 Å². The van der Waals surface area contributed by atoms with Crippen LogP contribution in [-0.4, -0.2) is 22.2 Å². The Labute approximate surface area is 98.7 Å². The highest BCUT2D eigenvalue weighted by molar-refractivity contribution is 7.67. The van der Waals surface area contributed by atoms with E-state index in [0.29, 0.717) is 27.6 Å². The Bertz CT molecular complexity index is 390. The maximum absolute atomic E-state index is 13.8. The first-order chi connectivity index (χ1) is 7.74. The van der Waals surface area contributed by atoms with Crippen molar-refractivity contribution < 1.29 is 8.60 Å². The number of rotatable bonds is 1. The Kier molecular flexibility index (Phi) is 3.71. The standard InChI is InChI=1S/C12H16FNOS/c1-8-2-3-10(12(16-15)11(8)13)9-4-6-14-7-5-9/h2-3,9-10,14H,4-7H2,1H3. The molecule has 0 bridgehead atoms. The number of piperidine rings is 1. The topological polar surface area (TPSA) is 29.1 Å². The van der Waals surface area contributed by atoms with Crippen LogP contribution >= 0.6 is 0 Å². The van der Waals surface area contributed by atoms with Gasteiger partial charge in [0.2, 0.25) is 0 Å². The average Bonchev–Trinajstić information content (AvgIpc) is 2.33. The number of allylic oxidation sites excluding steroid dienone is 4. The summed E-state index contributed by atoms with van der Waals surface area (Å²) in [4.78, 5) is 0.381. The first-order valence-corrected chi connectivity index (χ1v) is 6.40. The summed E-state index contributed by atoms with van der Waals surface area (Å²) < 4.78 is 24.9. The summed E-state index contributed by atoms with van der Waals surface area (Å²) in [6.45, 7) is 3.65. The average molecular weight is 241 g/mol. The maximum Gasteiger partial charge on any atom is 0.142 e. The third-order valence-corrected chi connectivity index (χ3v) is 4.03. The third-order valence-electron chi connectivity index (χ3n) is 3.40. The highest BCUT2D eigenvalue weighted by Gasteiger charge is 2.30. The van der Waals surface area contributed by atoms with E-state index in [9.17, 15) is 8.60 Å². The van der Waals surface area contributed by atoms with Crippen molar-refractivity contribution in [3.63, 3.8) is 0 Å². The second-order valence-electron chi connectivity index (χ2n) is 4.42. The highest BCUT2D eigenvalue weighted by Crippen LogP contribution is 2.31. The molecule has 0 amide bonds. The van der Waals surface area contributed by atoms with Crippen LogP contribution in [0.3, 0.4) is 0 Å². The first-order valence-electron chi connectivity index (χ1n) is 5.66. The smallest absolute Gasteiger partial charge is 0.142 e. The minimum atomic E-state index is -0.300. The normalized spacial score (nSPS) is 27.4. The molecule has 1 unspecified atom stereocenters. The molecule has 0 aromatic rings. The molecule has 1 saturated heterocycles. The molecule has 2 nitrogen and oxygen atoms in total. The largest absolute Gasteiger partial charge is 0.317 e. The van der Waals surface area contributed by atoms with Crippen LogP contribution in [-0.2, 0) is 11.3 Å². The van der Waals surface area contributed by atoms with E-state index in [1.54, 1.807) is 6.92 Å². The monoisotopic (exact) mass is 241 g/mol. The number of hydrogen-bond donors (Lipinski definition) is 1. The zero-order valence-corrected chi connectivity index (χ0v) is 10.1. The van der Waals surface area contributed by atoms with Crippen molar-refractivity contribution in [1.29, 1.82) is 0 Å². The fourth-order valence-corrected chi connectivity index (χ4v) is 3.03. The molecule has 1 heterocycles. The summed E-state index contributed by atoms with van der Waals surface area (Å²) in [6, 6.07) is 0. The molecular formula is C12H16FNOS. The van der Waals surface area contributed by atoms with Gasteiger partial charge in [-0.2, -0.15) is 0 Å². The van der Waals surface area contributed by atoms with Crippen molar-refractivity contribution >= 4 is 16.1 Å². The molecule has 0 saturated carbocycles. The second-order valence-corrected chi connectivity index (χ2v) is 5.02. The third kappa shape index (κ3) is 2.18. The van der Waals surface area contributed by atoms with Gasteiger partial charge >= 0.3 is 0 Å². The lowest BCUT2D eigenvalue weighted by molar-refractivity contribution is 0.343. The molecule has 1 atom stereocenters. The summed E-state index contributed by atoms with van der Waals surface area (Å²) in [6.07, 6.45) is 5.84. The molecule has 4 heteroatoms. The van der Waals surface area contributed by atoms with Crippen LogP contribution in [0.1, 0.15) is 19.8 Å². The minimum Gasteiger partial charge on any atom is -0.317 e. The summed E-state index contributed by atoms with van der Waals surface area (Å²) in [7, 11) is 0. The van der Waals surface area contributed by atoms with Gasteiger partial charge in [-0.1, -0.05) is 12.2 Å². The molecule has 0 aromatic carbocycles. The van der Waals surface area contributed by atoms with E-state index in [1.165, 1.54) is 0 Å². The molecule has 1 aliphatic carbocycles. The number of halogens is 1. The summed E-state index contributed by atoms with van der Waals surface area (Å²) in [5, 5.41) is 3.28. The Morgan fingerprint density at radius 2 is 2.12 bits per heavy atom. The van der Waals surface area contributed by atoms with Crippen molar-refractivity contribution in [2.45, 2.75) is 19.8 Å². The van der Waals surface area contributed by atoms with E-state index in [1.807, 2.05) is 12.2 Å². The SMILES string of the molecule is CC1=C(F)C(=S=O)C(C2CCNCC2)C=C1. The predicted octanol–water partition coefficient (Wildman–Crippen LogP) is 1.80. The molecule has 0 spiro atoms. The Hall–Kier alpha value is -0.740. The Morgan fingerprint density at radius 3 is 2.75 bits per heavy atom. The van der Waals surface area contributed by atoms with Gasteiger partial charge in [-0.05, 0) is 44.3 Å². The van der Waals surface area contributed by atoms with E-state index in [0.717, 1.165) is 25.9 Å².